The molecule has 1 aromatic carbocycles. The van der Waals surface area contributed by atoms with Crippen molar-refractivity contribution in [1.29, 1.82) is 0 Å². The molecule has 1 aliphatic heterocycles. The summed E-state index contributed by atoms with van der Waals surface area (Å²) in [7, 11) is 1.49. The SMILES string of the molecule is Cn1c(=O)n(CC(=O)O)c(=O)c2c1nc1n2CCCN1c1ccc(Br)cc1. The molecule has 1 N–H and O–H groups in total. The Kier molecular flexibility index (Phi) is 4.14. The molecule has 9 nitrogen and oxygen atoms in total. The van der Waals surface area contributed by atoms with Crippen LogP contribution in [0.4, 0.5) is 11.6 Å². The summed E-state index contributed by atoms with van der Waals surface area (Å²) in [5, 5.41) is 9.04. The van der Waals surface area contributed by atoms with E-state index in [1.165, 1.54) is 11.6 Å². The third-order valence-corrected chi connectivity index (χ3v) is 5.18. The Morgan fingerprint density at radius 2 is 1.93 bits per heavy atom. The number of imidazole rings is 1. The first-order chi connectivity index (χ1) is 12.9. The minimum absolute atomic E-state index is 0.246. The van der Waals surface area contributed by atoms with Crippen LogP contribution in [0.25, 0.3) is 11.2 Å². The lowest BCUT2D eigenvalue weighted by Gasteiger charge is -2.29. The van der Waals surface area contributed by atoms with Crippen LogP contribution in [-0.2, 0) is 24.9 Å². The van der Waals surface area contributed by atoms with Gasteiger partial charge in [0.1, 0.15) is 6.54 Å². The molecule has 4 rings (SSSR count). The maximum absolute atomic E-state index is 12.9. The van der Waals surface area contributed by atoms with Gasteiger partial charge in [-0.2, -0.15) is 4.98 Å². The Labute approximate surface area is 161 Å². The van der Waals surface area contributed by atoms with Crippen molar-refractivity contribution in [2.75, 3.05) is 11.4 Å². The zero-order chi connectivity index (χ0) is 19.3. The molecular weight excluding hydrogens is 418 g/mol. The Morgan fingerprint density at radius 1 is 1.22 bits per heavy atom. The van der Waals surface area contributed by atoms with E-state index in [0.717, 1.165) is 27.7 Å². The maximum Gasteiger partial charge on any atom is 0.333 e. The van der Waals surface area contributed by atoms with Gasteiger partial charge in [-0.1, -0.05) is 15.9 Å². The highest BCUT2D eigenvalue weighted by Crippen LogP contribution is 2.31. The molecule has 0 fully saturated rings. The van der Waals surface area contributed by atoms with Crippen LogP contribution >= 0.6 is 15.9 Å². The standard InChI is InChI=1S/C17H16BrN5O4/c1-20-14-13(15(26)23(17(20)27)9-12(24)25)22-8-2-7-21(16(22)19-14)11-5-3-10(18)4-6-11/h3-6H,2,7-9H2,1H3,(H,24,25). The molecule has 2 aromatic heterocycles. The average molecular weight is 434 g/mol. The predicted octanol–water partition coefficient (Wildman–Crippen LogP) is 1.29. The Balaban J connectivity index is 1.98. The minimum atomic E-state index is -1.25. The Hall–Kier alpha value is -2.88. The van der Waals surface area contributed by atoms with Crippen molar-refractivity contribution >= 4 is 44.7 Å². The lowest BCUT2D eigenvalue weighted by Crippen LogP contribution is -2.41. The van der Waals surface area contributed by atoms with Crippen molar-refractivity contribution in [1.82, 2.24) is 18.7 Å². The molecule has 140 valence electrons. The molecule has 0 spiro atoms. The van der Waals surface area contributed by atoms with E-state index in [1.54, 1.807) is 4.57 Å². The zero-order valence-electron chi connectivity index (χ0n) is 14.4. The van der Waals surface area contributed by atoms with Crippen molar-refractivity contribution in [3.05, 3.63) is 49.6 Å². The van der Waals surface area contributed by atoms with Crippen LogP contribution in [0.1, 0.15) is 6.42 Å². The van der Waals surface area contributed by atoms with E-state index in [4.69, 9.17) is 5.11 Å². The first kappa shape index (κ1) is 17.5. The summed E-state index contributed by atoms with van der Waals surface area (Å²) in [6, 6.07) is 7.74. The van der Waals surface area contributed by atoms with E-state index in [2.05, 4.69) is 20.9 Å². The monoisotopic (exact) mass is 433 g/mol. The maximum atomic E-state index is 12.9. The van der Waals surface area contributed by atoms with Crippen molar-refractivity contribution in [2.24, 2.45) is 7.05 Å². The molecule has 0 amide bonds. The summed E-state index contributed by atoms with van der Waals surface area (Å²) in [6.45, 7) is 0.611. The lowest BCUT2D eigenvalue weighted by molar-refractivity contribution is -0.137. The number of carboxylic acid groups (broad SMARTS) is 1. The Bertz CT molecular complexity index is 1180. The predicted molar refractivity (Wildman–Crippen MR) is 103 cm³/mol. The molecule has 10 heteroatoms. The quantitative estimate of drug-likeness (QED) is 0.667. The second-order valence-corrected chi connectivity index (χ2v) is 7.26. The molecule has 3 aromatic rings. The third-order valence-electron chi connectivity index (χ3n) is 4.65. The van der Waals surface area contributed by atoms with E-state index < -0.39 is 23.8 Å². The summed E-state index contributed by atoms with van der Waals surface area (Å²) < 4.78 is 4.68. The molecule has 0 aliphatic carbocycles. The molecule has 27 heavy (non-hydrogen) atoms. The molecule has 0 radical (unpaired) electrons. The molecule has 1 aliphatic rings. The highest BCUT2D eigenvalue weighted by atomic mass is 79.9. The number of nitrogens with zero attached hydrogens (tertiary/aromatic N) is 5. The first-order valence-electron chi connectivity index (χ1n) is 8.33. The highest BCUT2D eigenvalue weighted by molar-refractivity contribution is 9.10. The third kappa shape index (κ3) is 2.76. The Morgan fingerprint density at radius 3 is 2.59 bits per heavy atom. The van der Waals surface area contributed by atoms with Crippen LogP contribution < -0.4 is 16.1 Å². The van der Waals surface area contributed by atoms with Gasteiger partial charge in [0.05, 0.1) is 0 Å². The number of aromatic nitrogens is 4. The molecule has 0 saturated carbocycles. The van der Waals surface area contributed by atoms with Gasteiger partial charge in [0.25, 0.3) is 5.56 Å². The number of aliphatic carboxylic acids is 1. The normalized spacial score (nSPS) is 13.8. The van der Waals surface area contributed by atoms with Gasteiger partial charge in [-0.05, 0) is 30.7 Å². The fourth-order valence-electron chi connectivity index (χ4n) is 3.41. The summed E-state index contributed by atoms with van der Waals surface area (Å²) in [4.78, 5) is 42.9. The molecular formula is C17H16BrN5O4. The van der Waals surface area contributed by atoms with Gasteiger partial charge >= 0.3 is 11.7 Å². The van der Waals surface area contributed by atoms with E-state index in [0.29, 0.717) is 12.5 Å². The van der Waals surface area contributed by atoms with Crippen LogP contribution in [-0.4, -0.2) is 36.3 Å². The van der Waals surface area contributed by atoms with Crippen molar-refractivity contribution in [3.8, 4) is 0 Å². The van der Waals surface area contributed by atoms with E-state index in [1.807, 2.05) is 29.2 Å². The molecule has 0 unspecified atom stereocenters. The lowest BCUT2D eigenvalue weighted by atomic mass is 10.2. The van der Waals surface area contributed by atoms with Gasteiger partial charge in [0, 0.05) is 30.3 Å². The van der Waals surface area contributed by atoms with Gasteiger partial charge in [-0.3, -0.25) is 14.2 Å². The van der Waals surface area contributed by atoms with Crippen LogP contribution in [0.5, 0.6) is 0 Å². The first-order valence-corrected chi connectivity index (χ1v) is 9.12. The number of anilines is 2. The number of carboxylic acids is 1. The highest BCUT2D eigenvalue weighted by Gasteiger charge is 2.27. The number of hydrogen-bond acceptors (Lipinski definition) is 5. The summed E-state index contributed by atoms with van der Waals surface area (Å²) in [5.41, 5.74) is 0.0959. The fraction of sp³-hybridized carbons (Fsp3) is 0.294. The summed E-state index contributed by atoms with van der Waals surface area (Å²) in [6.07, 6.45) is 0.787. The van der Waals surface area contributed by atoms with E-state index >= 15 is 0 Å². The zero-order valence-corrected chi connectivity index (χ0v) is 16.0. The molecule has 0 bridgehead atoms. The van der Waals surface area contributed by atoms with Gasteiger partial charge < -0.3 is 14.6 Å². The van der Waals surface area contributed by atoms with Crippen molar-refractivity contribution < 1.29 is 9.90 Å². The summed E-state index contributed by atoms with van der Waals surface area (Å²) in [5.74, 6) is -0.679. The van der Waals surface area contributed by atoms with Crippen molar-refractivity contribution in [3.63, 3.8) is 0 Å². The molecule has 0 saturated heterocycles. The minimum Gasteiger partial charge on any atom is -0.480 e. The number of aryl methyl sites for hydroxylation is 2. The number of carbonyl (C=O) groups is 1. The smallest absolute Gasteiger partial charge is 0.333 e. The average Bonchev–Trinajstić information content (AvgIpc) is 3.04. The van der Waals surface area contributed by atoms with E-state index in [-0.39, 0.29) is 11.2 Å². The van der Waals surface area contributed by atoms with Crippen LogP contribution in [0.2, 0.25) is 0 Å². The van der Waals surface area contributed by atoms with Crippen LogP contribution in [0.3, 0.4) is 0 Å². The van der Waals surface area contributed by atoms with Gasteiger partial charge in [-0.25, -0.2) is 9.36 Å². The number of benzene rings is 1. The van der Waals surface area contributed by atoms with Crippen LogP contribution in [0.15, 0.2) is 38.3 Å². The number of rotatable bonds is 3. The van der Waals surface area contributed by atoms with Gasteiger partial charge in [-0.15, -0.1) is 0 Å². The van der Waals surface area contributed by atoms with Crippen LogP contribution in [0, 0.1) is 0 Å². The number of fused-ring (bicyclic) bond motifs is 3. The fourth-order valence-corrected chi connectivity index (χ4v) is 3.67. The van der Waals surface area contributed by atoms with Crippen molar-refractivity contribution in [2.45, 2.75) is 19.5 Å². The molecule has 0 atom stereocenters. The summed E-state index contributed by atoms with van der Waals surface area (Å²) >= 11 is 3.41. The second kappa shape index (κ2) is 6.38. The topological polar surface area (TPSA) is 102 Å². The van der Waals surface area contributed by atoms with E-state index in [9.17, 15) is 14.4 Å². The van der Waals surface area contributed by atoms with Gasteiger partial charge in [0.15, 0.2) is 11.2 Å². The largest absolute Gasteiger partial charge is 0.480 e. The second-order valence-electron chi connectivity index (χ2n) is 6.34. The number of hydrogen-bond donors (Lipinski definition) is 1. The van der Waals surface area contributed by atoms with Gasteiger partial charge in [0.2, 0.25) is 5.95 Å². The number of halogens is 1. The molecule has 3 heterocycles.